The lowest BCUT2D eigenvalue weighted by atomic mass is 10.3. The van der Waals surface area contributed by atoms with Gasteiger partial charge in [-0.05, 0) is 49.4 Å². The third-order valence-electron chi connectivity index (χ3n) is 2.63. The van der Waals surface area contributed by atoms with E-state index in [1.165, 1.54) is 0 Å². The van der Waals surface area contributed by atoms with E-state index in [9.17, 15) is 4.79 Å². The molecule has 0 bridgehead atoms. The molecule has 1 amide bonds. The number of carbonyl (C=O) groups is 1. The molecule has 110 valence electrons. The van der Waals surface area contributed by atoms with Crippen LogP contribution in [0.15, 0.2) is 46.9 Å². The summed E-state index contributed by atoms with van der Waals surface area (Å²) in [7, 11) is 0. The second-order valence-corrected chi connectivity index (χ2v) is 6.15. The molecular weight excluding hydrogens is 377 g/mol. The fraction of sp³-hybridized carbons (Fsp3) is 0.133. The van der Waals surface area contributed by atoms with Gasteiger partial charge in [0.25, 0.3) is 5.91 Å². The minimum Gasteiger partial charge on any atom is -0.481 e. The Hall–Kier alpha value is -1.23. The highest BCUT2D eigenvalue weighted by Gasteiger charge is 2.15. The van der Waals surface area contributed by atoms with Crippen molar-refractivity contribution in [3.8, 4) is 5.75 Å². The smallest absolute Gasteiger partial charge is 0.265 e. The highest BCUT2D eigenvalue weighted by Crippen LogP contribution is 2.25. The number of hydrogen-bond donors (Lipinski definition) is 1. The van der Waals surface area contributed by atoms with Crippen molar-refractivity contribution < 1.29 is 9.53 Å². The second-order valence-electron chi connectivity index (χ2n) is 4.36. The van der Waals surface area contributed by atoms with Crippen molar-refractivity contribution in [1.29, 1.82) is 0 Å². The van der Waals surface area contributed by atoms with Gasteiger partial charge in [0.05, 0.1) is 0 Å². The third kappa shape index (κ3) is 4.92. The van der Waals surface area contributed by atoms with Crippen LogP contribution in [0.2, 0.25) is 10.0 Å². The normalized spacial score (nSPS) is 11.8. The highest BCUT2D eigenvalue weighted by molar-refractivity contribution is 9.10. The van der Waals surface area contributed by atoms with Crippen LogP contribution in [0.1, 0.15) is 6.92 Å². The first-order valence-electron chi connectivity index (χ1n) is 6.13. The van der Waals surface area contributed by atoms with Crippen molar-refractivity contribution >= 4 is 50.7 Å². The van der Waals surface area contributed by atoms with E-state index in [4.69, 9.17) is 27.9 Å². The number of anilines is 1. The molecule has 6 heteroatoms. The predicted octanol–water partition coefficient (Wildman–Crippen LogP) is 5.16. The first-order chi connectivity index (χ1) is 9.94. The number of halogens is 3. The van der Waals surface area contributed by atoms with Gasteiger partial charge >= 0.3 is 0 Å². The summed E-state index contributed by atoms with van der Waals surface area (Å²) in [6.07, 6.45) is -0.678. The molecule has 2 aromatic rings. The van der Waals surface area contributed by atoms with Crippen molar-refractivity contribution in [2.24, 2.45) is 0 Å². The molecule has 3 nitrogen and oxygen atoms in total. The van der Waals surface area contributed by atoms with Crippen LogP contribution >= 0.6 is 39.1 Å². The summed E-state index contributed by atoms with van der Waals surface area (Å²) in [5.41, 5.74) is 0.697. The maximum Gasteiger partial charge on any atom is 0.265 e. The van der Waals surface area contributed by atoms with Crippen LogP contribution in [-0.4, -0.2) is 12.0 Å². The first-order valence-corrected chi connectivity index (χ1v) is 7.68. The topological polar surface area (TPSA) is 38.3 Å². The van der Waals surface area contributed by atoms with Gasteiger partial charge in [-0.15, -0.1) is 0 Å². The Kier molecular flexibility index (Phi) is 5.51. The zero-order chi connectivity index (χ0) is 15.4. The average molecular weight is 389 g/mol. The zero-order valence-corrected chi connectivity index (χ0v) is 14.2. The standard InChI is InChI=1S/C15H12BrCl2NO2/c1-9(21-14-7-11(17)6-12(18)8-14)15(20)19-13-4-2-10(16)3-5-13/h2-9H,1H3,(H,19,20)/t9-/m0/s1. The predicted molar refractivity (Wildman–Crippen MR) is 89.3 cm³/mol. The molecule has 1 N–H and O–H groups in total. The van der Waals surface area contributed by atoms with Crippen LogP contribution in [0.3, 0.4) is 0 Å². The van der Waals surface area contributed by atoms with E-state index in [1.807, 2.05) is 12.1 Å². The van der Waals surface area contributed by atoms with Crippen LogP contribution in [0.5, 0.6) is 5.75 Å². The fourth-order valence-corrected chi connectivity index (χ4v) is 2.40. The lowest BCUT2D eigenvalue weighted by Crippen LogP contribution is -2.30. The van der Waals surface area contributed by atoms with Crippen molar-refractivity contribution in [2.75, 3.05) is 5.32 Å². The third-order valence-corrected chi connectivity index (χ3v) is 3.60. The molecule has 0 aliphatic carbocycles. The highest BCUT2D eigenvalue weighted by atomic mass is 79.9. The Bertz CT molecular complexity index is 626. The van der Waals surface area contributed by atoms with E-state index < -0.39 is 6.10 Å². The molecule has 21 heavy (non-hydrogen) atoms. The molecule has 0 aromatic heterocycles. The molecule has 0 fully saturated rings. The van der Waals surface area contributed by atoms with Gasteiger partial charge in [0.2, 0.25) is 0 Å². The lowest BCUT2D eigenvalue weighted by molar-refractivity contribution is -0.122. The Morgan fingerprint density at radius 1 is 1.14 bits per heavy atom. The van der Waals surface area contributed by atoms with E-state index in [0.717, 1.165) is 4.47 Å². The number of amides is 1. The van der Waals surface area contributed by atoms with Gasteiger partial charge < -0.3 is 10.1 Å². The zero-order valence-electron chi connectivity index (χ0n) is 11.1. The molecule has 0 saturated heterocycles. The molecule has 2 rings (SSSR count). The van der Waals surface area contributed by atoms with Gasteiger partial charge in [0, 0.05) is 20.2 Å². The van der Waals surface area contributed by atoms with Crippen LogP contribution in [0, 0.1) is 0 Å². The second kappa shape index (κ2) is 7.16. The SMILES string of the molecule is C[C@H](Oc1cc(Cl)cc(Cl)c1)C(=O)Nc1ccc(Br)cc1. The number of nitrogens with one attached hydrogen (secondary N) is 1. The van der Waals surface area contributed by atoms with Crippen molar-refractivity contribution in [1.82, 2.24) is 0 Å². The molecule has 0 radical (unpaired) electrons. The molecule has 0 heterocycles. The minimum absolute atomic E-state index is 0.256. The summed E-state index contributed by atoms with van der Waals surface area (Å²) >= 11 is 15.1. The Morgan fingerprint density at radius 3 is 2.29 bits per heavy atom. The largest absolute Gasteiger partial charge is 0.481 e. The Balaban J connectivity index is 2.00. The summed E-state index contributed by atoms with van der Waals surface area (Å²) in [5, 5.41) is 3.68. The summed E-state index contributed by atoms with van der Waals surface area (Å²) in [6.45, 7) is 1.66. The van der Waals surface area contributed by atoms with Crippen molar-refractivity contribution in [3.05, 3.63) is 57.0 Å². The van der Waals surface area contributed by atoms with Crippen LogP contribution < -0.4 is 10.1 Å². The van der Waals surface area contributed by atoms with Crippen LogP contribution in [0.4, 0.5) is 5.69 Å². The van der Waals surface area contributed by atoms with Crippen molar-refractivity contribution in [2.45, 2.75) is 13.0 Å². The van der Waals surface area contributed by atoms with Gasteiger partial charge in [0.15, 0.2) is 6.10 Å². The van der Waals surface area contributed by atoms with E-state index in [0.29, 0.717) is 21.5 Å². The summed E-state index contributed by atoms with van der Waals surface area (Å²) < 4.78 is 6.49. The maximum atomic E-state index is 12.1. The van der Waals surface area contributed by atoms with Crippen molar-refractivity contribution in [3.63, 3.8) is 0 Å². The van der Waals surface area contributed by atoms with Gasteiger partial charge in [-0.2, -0.15) is 0 Å². The van der Waals surface area contributed by atoms with Gasteiger partial charge in [0.1, 0.15) is 5.75 Å². The molecule has 2 aromatic carbocycles. The number of carbonyl (C=O) groups excluding carboxylic acids is 1. The number of benzene rings is 2. The maximum absolute atomic E-state index is 12.1. The molecule has 0 saturated carbocycles. The number of hydrogen-bond acceptors (Lipinski definition) is 2. The first kappa shape index (κ1) is 16.1. The summed E-state index contributed by atoms with van der Waals surface area (Å²) in [4.78, 5) is 12.1. The molecular formula is C15H12BrCl2NO2. The minimum atomic E-state index is -0.678. The number of ether oxygens (including phenoxy) is 1. The molecule has 0 aliphatic rings. The van der Waals surface area contributed by atoms with E-state index in [-0.39, 0.29) is 5.91 Å². The molecule has 0 unspecified atom stereocenters. The quantitative estimate of drug-likeness (QED) is 0.785. The van der Waals surface area contributed by atoms with Gasteiger partial charge in [-0.25, -0.2) is 0 Å². The summed E-state index contributed by atoms with van der Waals surface area (Å²) in [6, 6.07) is 12.1. The Morgan fingerprint density at radius 2 is 1.71 bits per heavy atom. The van der Waals surface area contributed by atoms with Gasteiger partial charge in [-0.3, -0.25) is 4.79 Å². The summed E-state index contributed by atoms with van der Waals surface area (Å²) in [5.74, 6) is 0.194. The van der Waals surface area contributed by atoms with Crippen LogP contribution in [-0.2, 0) is 4.79 Å². The molecule has 0 spiro atoms. The van der Waals surface area contributed by atoms with E-state index >= 15 is 0 Å². The number of rotatable bonds is 4. The molecule has 0 aliphatic heterocycles. The fourth-order valence-electron chi connectivity index (χ4n) is 1.63. The van der Waals surface area contributed by atoms with Gasteiger partial charge in [-0.1, -0.05) is 39.1 Å². The average Bonchev–Trinajstić information content (AvgIpc) is 2.40. The van der Waals surface area contributed by atoms with Crippen LogP contribution in [0.25, 0.3) is 0 Å². The van der Waals surface area contributed by atoms with E-state index in [1.54, 1.807) is 37.3 Å². The molecule has 1 atom stereocenters. The lowest BCUT2D eigenvalue weighted by Gasteiger charge is -2.15. The monoisotopic (exact) mass is 387 g/mol. The Labute approximate surface area is 141 Å². The van der Waals surface area contributed by atoms with E-state index in [2.05, 4.69) is 21.2 Å².